The van der Waals surface area contributed by atoms with Gasteiger partial charge in [0, 0.05) is 6.54 Å². The monoisotopic (exact) mass is 249 g/mol. The minimum Gasteiger partial charge on any atom is -0.293 e. The summed E-state index contributed by atoms with van der Waals surface area (Å²) in [6.45, 7) is 4.88. The molecule has 1 aromatic carbocycles. The fourth-order valence-electron chi connectivity index (χ4n) is 2.01. The Morgan fingerprint density at radius 1 is 1.39 bits per heavy atom. The van der Waals surface area contributed by atoms with Crippen molar-refractivity contribution in [3.8, 4) is 0 Å². The average Bonchev–Trinajstić information content (AvgIpc) is 2.37. The number of benzene rings is 1. The van der Waals surface area contributed by atoms with Gasteiger partial charge in [-0.05, 0) is 26.0 Å². The topological polar surface area (TPSA) is 58.4 Å². The molecule has 0 heterocycles. The molecule has 1 rings (SSSR count). The Morgan fingerprint density at radius 2 is 2.00 bits per heavy atom. The number of likely N-dealkylation sites (N-methyl/N-ethyl adjacent to an activating group) is 1. The maximum Gasteiger partial charge on any atom is 0.251 e. The first-order valence-corrected chi connectivity index (χ1v) is 6.34. The van der Waals surface area contributed by atoms with E-state index in [9.17, 15) is 4.79 Å². The lowest BCUT2D eigenvalue weighted by atomic mass is 10.1. The quantitative estimate of drug-likeness (QED) is 0.457. The van der Waals surface area contributed by atoms with Crippen molar-refractivity contribution in [2.24, 2.45) is 5.84 Å². The third kappa shape index (κ3) is 4.13. The first kappa shape index (κ1) is 14.7. The highest BCUT2D eigenvalue weighted by molar-refractivity contribution is 5.81. The first-order chi connectivity index (χ1) is 8.58. The van der Waals surface area contributed by atoms with Crippen molar-refractivity contribution in [1.29, 1.82) is 0 Å². The van der Waals surface area contributed by atoms with Gasteiger partial charge in [-0.3, -0.25) is 15.1 Å². The van der Waals surface area contributed by atoms with Gasteiger partial charge in [-0.2, -0.15) is 0 Å². The van der Waals surface area contributed by atoms with Crippen LogP contribution in [0.3, 0.4) is 0 Å². The van der Waals surface area contributed by atoms with Crippen molar-refractivity contribution in [2.75, 3.05) is 7.05 Å². The zero-order chi connectivity index (χ0) is 13.5. The third-order valence-electron chi connectivity index (χ3n) is 3.09. The van der Waals surface area contributed by atoms with Crippen LogP contribution >= 0.6 is 0 Å². The molecule has 1 amide bonds. The van der Waals surface area contributed by atoms with Gasteiger partial charge in [0.15, 0.2) is 0 Å². The number of carbonyl (C=O) groups is 1. The summed E-state index contributed by atoms with van der Waals surface area (Å²) in [5, 5.41) is 0. The molecular weight excluding hydrogens is 226 g/mol. The molecule has 0 bridgehead atoms. The Morgan fingerprint density at radius 3 is 2.50 bits per heavy atom. The van der Waals surface area contributed by atoms with Crippen LogP contribution in [0.25, 0.3) is 0 Å². The Labute approximate surface area is 109 Å². The average molecular weight is 249 g/mol. The highest BCUT2D eigenvalue weighted by atomic mass is 16.2. The number of carbonyl (C=O) groups excluding carboxylic acids is 1. The van der Waals surface area contributed by atoms with Crippen LogP contribution in [-0.2, 0) is 11.3 Å². The first-order valence-electron chi connectivity index (χ1n) is 6.34. The van der Waals surface area contributed by atoms with Gasteiger partial charge in [-0.1, -0.05) is 43.2 Å². The molecule has 1 unspecified atom stereocenters. The molecular formula is C14H23N3O. The normalized spacial score (nSPS) is 12.5. The number of nitrogens with two attached hydrogens (primary N) is 1. The van der Waals surface area contributed by atoms with Gasteiger partial charge in [0.25, 0.3) is 5.91 Å². The summed E-state index contributed by atoms with van der Waals surface area (Å²) in [5.74, 6) is 5.11. The van der Waals surface area contributed by atoms with Gasteiger partial charge in [0.05, 0.1) is 6.04 Å². The SMILES string of the molecule is CCCC(C(=O)NN)N(C)Cc1ccc(C)cc1. The highest BCUT2D eigenvalue weighted by Gasteiger charge is 2.21. The van der Waals surface area contributed by atoms with Crippen LogP contribution in [0.2, 0.25) is 0 Å². The van der Waals surface area contributed by atoms with Crippen molar-refractivity contribution in [2.45, 2.75) is 39.3 Å². The number of hydrazine groups is 1. The highest BCUT2D eigenvalue weighted by Crippen LogP contribution is 2.11. The minimum atomic E-state index is -0.165. The molecule has 18 heavy (non-hydrogen) atoms. The second-order valence-corrected chi connectivity index (χ2v) is 4.71. The Kier molecular flexibility index (Phi) is 5.82. The minimum absolute atomic E-state index is 0.119. The van der Waals surface area contributed by atoms with E-state index >= 15 is 0 Å². The number of hydrogen-bond donors (Lipinski definition) is 2. The van der Waals surface area contributed by atoms with Crippen LogP contribution in [0.4, 0.5) is 0 Å². The molecule has 0 aliphatic rings. The summed E-state index contributed by atoms with van der Waals surface area (Å²) in [7, 11) is 1.95. The molecule has 0 radical (unpaired) electrons. The molecule has 0 aromatic heterocycles. The molecule has 0 saturated heterocycles. The van der Waals surface area contributed by atoms with Gasteiger partial charge in [0.1, 0.15) is 0 Å². The van der Waals surface area contributed by atoms with E-state index in [4.69, 9.17) is 5.84 Å². The van der Waals surface area contributed by atoms with Crippen molar-refractivity contribution in [1.82, 2.24) is 10.3 Å². The summed E-state index contributed by atoms with van der Waals surface area (Å²) in [6.07, 6.45) is 1.77. The summed E-state index contributed by atoms with van der Waals surface area (Å²) in [5.41, 5.74) is 4.69. The van der Waals surface area contributed by atoms with Crippen molar-refractivity contribution >= 4 is 5.91 Å². The fourth-order valence-corrected chi connectivity index (χ4v) is 2.01. The molecule has 1 aromatic rings. The van der Waals surface area contributed by atoms with E-state index in [1.165, 1.54) is 11.1 Å². The number of hydrogen-bond acceptors (Lipinski definition) is 3. The summed E-state index contributed by atoms with van der Waals surface area (Å²) in [6, 6.07) is 8.19. The number of nitrogens with one attached hydrogen (secondary N) is 1. The number of aryl methyl sites for hydroxylation is 1. The van der Waals surface area contributed by atoms with E-state index < -0.39 is 0 Å². The van der Waals surface area contributed by atoms with E-state index in [2.05, 4.69) is 43.5 Å². The smallest absolute Gasteiger partial charge is 0.251 e. The number of rotatable bonds is 6. The predicted molar refractivity (Wildman–Crippen MR) is 73.7 cm³/mol. The van der Waals surface area contributed by atoms with E-state index in [0.717, 1.165) is 19.4 Å². The molecule has 4 nitrogen and oxygen atoms in total. The second-order valence-electron chi connectivity index (χ2n) is 4.71. The number of nitrogens with zero attached hydrogens (tertiary/aromatic N) is 1. The molecule has 3 N–H and O–H groups in total. The van der Waals surface area contributed by atoms with Crippen LogP contribution in [0.15, 0.2) is 24.3 Å². The van der Waals surface area contributed by atoms with E-state index in [1.54, 1.807) is 0 Å². The molecule has 0 saturated carbocycles. The lowest BCUT2D eigenvalue weighted by molar-refractivity contribution is -0.126. The van der Waals surface area contributed by atoms with Gasteiger partial charge < -0.3 is 0 Å². The van der Waals surface area contributed by atoms with Gasteiger partial charge in [0.2, 0.25) is 0 Å². The van der Waals surface area contributed by atoms with E-state index in [-0.39, 0.29) is 11.9 Å². The fraction of sp³-hybridized carbons (Fsp3) is 0.500. The van der Waals surface area contributed by atoms with Crippen LogP contribution in [0.1, 0.15) is 30.9 Å². The summed E-state index contributed by atoms with van der Waals surface area (Å²) in [4.78, 5) is 13.7. The van der Waals surface area contributed by atoms with E-state index in [1.807, 2.05) is 11.9 Å². The van der Waals surface area contributed by atoms with Crippen molar-refractivity contribution in [3.05, 3.63) is 35.4 Å². The Bertz CT molecular complexity index is 375. The Balaban J connectivity index is 2.68. The number of amides is 1. The largest absolute Gasteiger partial charge is 0.293 e. The third-order valence-corrected chi connectivity index (χ3v) is 3.09. The predicted octanol–water partition coefficient (Wildman–Crippen LogP) is 1.59. The second kappa shape index (κ2) is 7.13. The zero-order valence-electron chi connectivity index (χ0n) is 11.4. The standard InChI is InChI=1S/C14H23N3O/c1-4-5-13(14(18)16-15)17(3)10-12-8-6-11(2)7-9-12/h6-9,13H,4-5,10,15H2,1-3H3,(H,16,18). The molecule has 0 aliphatic carbocycles. The van der Waals surface area contributed by atoms with Gasteiger partial charge >= 0.3 is 0 Å². The summed E-state index contributed by atoms with van der Waals surface area (Å²) < 4.78 is 0. The van der Waals surface area contributed by atoms with Crippen molar-refractivity contribution < 1.29 is 4.79 Å². The molecule has 100 valence electrons. The summed E-state index contributed by atoms with van der Waals surface area (Å²) >= 11 is 0. The molecule has 4 heteroatoms. The Hall–Kier alpha value is -1.39. The van der Waals surface area contributed by atoms with Crippen LogP contribution in [0, 0.1) is 6.92 Å². The zero-order valence-corrected chi connectivity index (χ0v) is 11.4. The lowest BCUT2D eigenvalue weighted by Gasteiger charge is -2.26. The maximum absolute atomic E-state index is 11.7. The molecule has 0 spiro atoms. The maximum atomic E-state index is 11.7. The molecule has 1 atom stereocenters. The molecule has 0 fully saturated rings. The lowest BCUT2D eigenvalue weighted by Crippen LogP contribution is -2.47. The van der Waals surface area contributed by atoms with Crippen LogP contribution in [-0.4, -0.2) is 23.9 Å². The van der Waals surface area contributed by atoms with Gasteiger partial charge in [-0.25, -0.2) is 5.84 Å². The van der Waals surface area contributed by atoms with Crippen LogP contribution in [0.5, 0.6) is 0 Å². The van der Waals surface area contributed by atoms with Gasteiger partial charge in [-0.15, -0.1) is 0 Å². The van der Waals surface area contributed by atoms with Crippen LogP contribution < -0.4 is 11.3 Å². The molecule has 0 aliphatic heterocycles. The van der Waals surface area contributed by atoms with Crippen molar-refractivity contribution in [3.63, 3.8) is 0 Å². The van der Waals surface area contributed by atoms with E-state index in [0.29, 0.717) is 0 Å².